The smallest absolute Gasteiger partial charge is 0.435 e. The van der Waals surface area contributed by atoms with Crippen LogP contribution in [0.15, 0.2) is 77.7 Å². The number of methoxy groups -OCH3 is 1. The number of benzene rings is 3. The van der Waals surface area contributed by atoms with Crippen LogP contribution in [0.3, 0.4) is 0 Å². The summed E-state index contributed by atoms with van der Waals surface area (Å²) in [7, 11) is -1.91. The van der Waals surface area contributed by atoms with Crippen LogP contribution in [-0.4, -0.2) is 42.8 Å². The number of rotatable bonds is 6. The van der Waals surface area contributed by atoms with E-state index in [1.165, 1.54) is 23.5 Å². The highest BCUT2D eigenvalue weighted by atomic mass is 32.3. The van der Waals surface area contributed by atoms with Crippen LogP contribution in [0.25, 0.3) is 16.8 Å². The second-order valence-corrected chi connectivity index (χ2v) is 10.8. The molecule has 4 aromatic rings. The molecule has 1 aliphatic rings. The molecule has 0 radical (unpaired) electrons. The van der Waals surface area contributed by atoms with E-state index in [0.29, 0.717) is 39.1 Å². The van der Waals surface area contributed by atoms with Gasteiger partial charge in [0.05, 0.1) is 23.8 Å². The maximum Gasteiger partial charge on any atom is 0.435 e. The van der Waals surface area contributed by atoms with E-state index < -0.39 is 28.6 Å². The molecule has 0 unspecified atom stereocenters. The van der Waals surface area contributed by atoms with Crippen molar-refractivity contribution >= 4 is 22.4 Å². The summed E-state index contributed by atoms with van der Waals surface area (Å²) in [6.45, 7) is 0.0690. The number of ether oxygens (including phenoxy) is 1. The van der Waals surface area contributed by atoms with Crippen molar-refractivity contribution in [1.82, 2.24) is 14.1 Å². The SMILES string of the molecule is COc1ccc(-n2nc(C(F)(F)F)cc2C(=O)Nc2ccc(-c3cccc4c3S(O)(O)N(CC#N)C4)cc2)cc1. The third-order valence-electron chi connectivity index (χ3n) is 6.33. The van der Waals surface area contributed by atoms with Crippen LogP contribution in [0.2, 0.25) is 0 Å². The number of nitrogens with one attached hydrogen (secondary N) is 1. The first-order valence-corrected chi connectivity index (χ1v) is 13.3. The van der Waals surface area contributed by atoms with Crippen molar-refractivity contribution in [2.24, 2.45) is 0 Å². The number of alkyl halides is 3. The molecule has 0 aliphatic carbocycles. The number of nitrogens with zero attached hydrogens (tertiary/aromatic N) is 4. The fraction of sp³-hybridized carbons (Fsp3) is 0.148. The zero-order valence-electron chi connectivity index (χ0n) is 20.9. The molecule has 9 nitrogen and oxygen atoms in total. The lowest BCUT2D eigenvalue weighted by atomic mass is 10.0. The number of hydrogen-bond donors (Lipinski definition) is 3. The van der Waals surface area contributed by atoms with Crippen molar-refractivity contribution < 1.29 is 31.8 Å². The standard InChI is InChI=1S/C27H22F3N5O4S/c1-39-21-11-9-20(10-12-21)35-23(15-24(33-35)27(28,29)30)26(36)32-19-7-5-17(6-8-19)22-4-2-3-18-16-34(14-13-31)40(37,38)25(18)22/h2-12,15,37-38H,14,16H2,1H3,(H,32,36). The second kappa shape index (κ2) is 10.3. The van der Waals surface area contributed by atoms with Crippen LogP contribution in [0.1, 0.15) is 21.7 Å². The van der Waals surface area contributed by atoms with Crippen LogP contribution >= 0.6 is 10.8 Å². The summed E-state index contributed by atoms with van der Waals surface area (Å²) in [6.07, 6.45) is -4.76. The maximum atomic E-state index is 13.4. The molecule has 40 heavy (non-hydrogen) atoms. The third kappa shape index (κ3) is 5.01. The molecule has 206 valence electrons. The van der Waals surface area contributed by atoms with Gasteiger partial charge in [0.25, 0.3) is 5.91 Å². The number of halogens is 3. The van der Waals surface area contributed by atoms with Crippen LogP contribution in [0.5, 0.6) is 5.75 Å². The number of amides is 1. The van der Waals surface area contributed by atoms with E-state index in [1.807, 2.05) is 6.07 Å². The van der Waals surface area contributed by atoms with Crippen molar-refractivity contribution in [3.8, 4) is 28.6 Å². The number of aromatic nitrogens is 2. The number of fused-ring (bicyclic) bond motifs is 1. The summed E-state index contributed by atoms with van der Waals surface area (Å²) in [4.78, 5) is 13.4. The normalized spacial score (nSPS) is 15.2. The van der Waals surface area contributed by atoms with Gasteiger partial charge in [-0.25, -0.2) is 4.68 Å². The molecule has 0 fully saturated rings. The highest BCUT2D eigenvalue weighted by molar-refractivity contribution is 8.22. The van der Waals surface area contributed by atoms with Crippen LogP contribution in [0.4, 0.5) is 18.9 Å². The Morgan fingerprint density at radius 2 is 1.82 bits per heavy atom. The van der Waals surface area contributed by atoms with E-state index >= 15 is 0 Å². The Hall–Kier alpha value is -4.35. The molecule has 0 saturated heterocycles. The number of carbonyl (C=O) groups is 1. The van der Waals surface area contributed by atoms with Crippen LogP contribution in [0, 0.1) is 11.3 Å². The third-order valence-corrected chi connectivity index (χ3v) is 8.34. The number of anilines is 1. The Balaban J connectivity index is 1.43. The number of hydrogen-bond acceptors (Lipinski definition) is 7. The van der Waals surface area contributed by atoms with Crippen molar-refractivity contribution in [2.75, 3.05) is 19.0 Å². The second-order valence-electron chi connectivity index (χ2n) is 8.82. The Morgan fingerprint density at radius 1 is 1.12 bits per heavy atom. The molecular weight excluding hydrogens is 547 g/mol. The summed E-state index contributed by atoms with van der Waals surface area (Å²) >= 11 is 0. The summed E-state index contributed by atoms with van der Waals surface area (Å²) in [5.41, 5.74) is 0.867. The van der Waals surface area contributed by atoms with Crippen LogP contribution in [-0.2, 0) is 12.7 Å². The van der Waals surface area contributed by atoms with Gasteiger partial charge < -0.3 is 10.1 Å². The molecule has 0 bridgehead atoms. The average molecular weight is 570 g/mol. The first kappa shape index (κ1) is 27.2. The predicted molar refractivity (Wildman–Crippen MR) is 142 cm³/mol. The van der Waals surface area contributed by atoms with E-state index in [9.17, 15) is 27.1 Å². The van der Waals surface area contributed by atoms with Gasteiger partial charge in [-0.2, -0.15) is 27.8 Å². The number of nitriles is 1. The molecule has 2 heterocycles. The van der Waals surface area contributed by atoms with Gasteiger partial charge in [-0.15, -0.1) is 10.8 Å². The van der Waals surface area contributed by atoms with Gasteiger partial charge in [0, 0.05) is 23.9 Å². The highest BCUT2D eigenvalue weighted by Gasteiger charge is 2.38. The van der Waals surface area contributed by atoms with Gasteiger partial charge in [-0.1, -0.05) is 30.3 Å². The summed E-state index contributed by atoms with van der Waals surface area (Å²) in [6, 6.07) is 20.3. The highest BCUT2D eigenvalue weighted by Crippen LogP contribution is 2.61. The molecule has 13 heteroatoms. The molecule has 5 rings (SSSR count). The molecule has 0 saturated carbocycles. The maximum absolute atomic E-state index is 13.4. The average Bonchev–Trinajstić information content (AvgIpc) is 3.49. The lowest BCUT2D eigenvalue weighted by Crippen LogP contribution is -2.21. The summed E-state index contributed by atoms with van der Waals surface area (Å²) < 4.78 is 69.4. The van der Waals surface area contributed by atoms with Crippen molar-refractivity contribution in [1.29, 1.82) is 5.26 Å². The fourth-order valence-electron chi connectivity index (χ4n) is 4.42. The Kier molecular flexibility index (Phi) is 7.03. The van der Waals surface area contributed by atoms with E-state index in [2.05, 4.69) is 10.4 Å². The molecular formula is C27H22F3N5O4S. The predicted octanol–water partition coefficient (Wildman–Crippen LogP) is 6.18. The molecule has 0 spiro atoms. The van der Waals surface area contributed by atoms with Gasteiger partial charge in [0.15, 0.2) is 5.69 Å². The minimum atomic E-state index is -4.76. The first-order valence-electron chi connectivity index (χ1n) is 11.8. The zero-order chi connectivity index (χ0) is 28.7. The van der Waals surface area contributed by atoms with Crippen molar-refractivity contribution in [3.63, 3.8) is 0 Å². The van der Waals surface area contributed by atoms with Crippen LogP contribution < -0.4 is 10.1 Å². The number of carbonyl (C=O) groups excluding carboxylic acids is 1. The van der Waals surface area contributed by atoms with E-state index in [4.69, 9.17) is 10.00 Å². The molecule has 3 aromatic carbocycles. The fourth-order valence-corrected chi connectivity index (χ4v) is 6.20. The molecule has 1 aromatic heterocycles. The topological polar surface area (TPSA) is 124 Å². The van der Waals surface area contributed by atoms with Crippen molar-refractivity contribution in [3.05, 3.63) is 89.7 Å². The van der Waals surface area contributed by atoms with E-state index in [1.54, 1.807) is 54.6 Å². The summed E-state index contributed by atoms with van der Waals surface area (Å²) in [5, 5.41) is 15.3. The van der Waals surface area contributed by atoms with E-state index in [-0.39, 0.29) is 24.5 Å². The molecule has 1 aliphatic heterocycles. The molecule has 0 atom stereocenters. The lowest BCUT2D eigenvalue weighted by molar-refractivity contribution is -0.141. The van der Waals surface area contributed by atoms with Gasteiger partial charge >= 0.3 is 6.18 Å². The quantitative estimate of drug-likeness (QED) is 0.237. The monoisotopic (exact) mass is 569 g/mol. The first-order chi connectivity index (χ1) is 19.0. The van der Waals surface area contributed by atoms with Crippen molar-refractivity contribution in [2.45, 2.75) is 17.6 Å². The minimum Gasteiger partial charge on any atom is -0.497 e. The minimum absolute atomic E-state index is 0.148. The largest absolute Gasteiger partial charge is 0.497 e. The molecule has 1 amide bonds. The van der Waals surface area contributed by atoms with E-state index in [0.717, 1.165) is 4.68 Å². The molecule has 3 N–H and O–H groups in total. The van der Waals surface area contributed by atoms with Gasteiger partial charge in [0.2, 0.25) is 0 Å². The Bertz CT molecular complexity index is 1610. The zero-order valence-corrected chi connectivity index (χ0v) is 21.7. The van der Waals surface area contributed by atoms with Gasteiger partial charge in [-0.3, -0.25) is 13.9 Å². The Labute approximate surface area is 228 Å². The lowest BCUT2D eigenvalue weighted by Gasteiger charge is -2.36. The summed E-state index contributed by atoms with van der Waals surface area (Å²) in [5.74, 6) is -0.324. The van der Waals surface area contributed by atoms with Gasteiger partial charge in [0.1, 0.15) is 18.0 Å². The Morgan fingerprint density at radius 3 is 2.45 bits per heavy atom. The van der Waals surface area contributed by atoms with Gasteiger partial charge in [-0.05, 0) is 47.5 Å².